The van der Waals surface area contributed by atoms with Gasteiger partial charge in [0.1, 0.15) is 18.4 Å². The lowest BCUT2D eigenvalue weighted by atomic mass is 10.1. The maximum atomic E-state index is 12.7. The quantitative estimate of drug-likeness (QED) is 0.803. The molecule has 150 valence electrons. The van der Waals surface area contributed by atoms with Crippen molar-refractivity contribution in [1.82, 2.24) is 20.7 Å². The molecule has 2 fully saturated rings. The Morgan fingerprint density at radius 1 is 1.22 bits per heavy atom. The van der Waals surface area contributed by atoms with Crippen LogP contribution in [0.2, 0.25) is 0 Å². The number of likely N-dealkylation sites (N-methyl/N-ethyl adjacent to an activating group) is 1. The van der Waals surface area contributed by atoms with E-state index in [1.165, 1.54) is 12.1 Å². The van der Waals surface area contributed by atoms with Crippen LogP contribution in [-0.2, 0) is 11.0 Å². The van der Waals surface area contributed by atoms with E-state index in [9.17, 15) is 18.0 Å². The van der Waals surface area contributed by atoms with Gasteiger partial charge >= 0.3 is 6.18 Å². The number of halogens is 3. The third kappa shape index (κ3) is 5.12. The summed E-state index contributed by atoms with van der Waals surface area (Å²) in [4.78, 5) is 16.8. The molecule has 9 heteroatoms. The van der Waals surface area contributed by atoms with Gasteiger partial charge in [0.05, 0.1) is 11.6 Å². The molecule has 2 N–H and O–H groups in total. The molecule has 27 heavy (non-hydrogen) atoms. The number of amides is 1. The van der Waals surface area contributed by atoms with Crippen LogP contribution < -0.4 is 15.6 Å². The number of piperazine rings is 1. The lowest BCUT2D eigenvalue weighted by Gasteiger charge is -2.35. The van der Waals surface area contributed by atoms with Crippen molar-refractivity contribution in [1.29, 1.82) is 0 Å². The molecule has 0 bridgehead atoms. The average Bonchev–Trinajstić information content (AvgIpc) is 3.14. The van der Waals surface area contributed by atoms with Crippen molar-refractivity contribution in [2.45, 2.75) is 31.6 Å². The highest BCUT2D eigenvalue weighted by Crippen LogP contribution is 2.31. The molecular formula is C18H25F3N4O2. The normalized spacial score (nSPS) is 24.2. The summed E-state index contributed by atoms with van der Waals surface area (Å²) in [5.41, 5.74) is 5.25. The fourth-order valence-corrected chi connectivity index (χ4v) is 3.36. The Bertz CT molecular complexity index is 648. The fraction of sp³-hybridized carbons (Fsp3) is 0.611. The van der Waals surface area contributed by atoms with Crippen molar-refractivity contribution < 1.29 is 22.7 Å². The Balaban J connectivity index is 1.47. The van der Waals surface area contributed by atoms with Crippen molar-refractivity contribution in [3.05, 3.63) is 29.8 Å². The van der Waals surface area contributed by atoms with Crippen molar-refractivity contribution in [2.24, 2.45) is 0 Å². The molecule has 1 aromatic rings. The Hall–Kier alpha value is -1.84. The third-order valence-corrected chi connectivity index (χ3v) is 5.02. The van der Waals surface area contributed by atoms with Gasteiger partial charge in [-0.1, -0.05) is 13.0 Å². The summed E-state index contributed by atoms with van der Waals surface area (Å²) in [5.74, 6) is 0.219. The topological polar surface area (TPSA) is 56.8 Å². The Morgan fingerprint density at radius 3 is 2.63 bits per heavy atom. The minimum Gasteiger partial charge on any atom is -0.492 e. The summed E-state index contributed by atoms with van der Waals surface area (Å²) in [5, 5.41) is 0. The van der Waals surface area contributed by atoms with Gasteiger partial charge in [-0.15, -0.1) is 0 Å². The number of benzene rings is 1. The number of alkyl halides is 3. The number of rotatable bonds is 5. The lowest BCUT2D eigenvalue weighted by Crippen LogP contribution is -2.53. The number of nitrogens with zero attached hydrogens (tertiary/aromatic N) is 2. The summed E-state index contributed by atoms with van der Waals surface area (Å²) >= 11 is 0. The lowest BCUT2D eigenvalue weighted by molar-refractivity contribution is -0.137. The summed E-state index contributed by atoms with van der Waals surface area (Å²) in [6, 6.07) is 4.32. The number of carbonyl (C=O) groups excluding carboxylic acids is 1. The van der Waals surface area contributed by atoms with Crippen LogP contribution in [0.5, 0.6) is 5.75 Å². The van der Waals surface area contributed by atoms with Crippen LogP contribution in [0.15, 0.2) is 24.3 Å². The molecule has 2 aliphatic rings. The molecule has 6 nitrogen and oxygen atoms in total. The van der Waals surface area contributed by atoms with Gasteiger partial charge in [-0.2, -0.15) is 13.2 Å². The SMILES string of the molecule is CCN1CCN(C(=O)C2CC(COc3cccc(C(F)(F)F)c3)NN2)CC1. The smallest absolute Gasteiger partial charge is 0.416 e. The molecule has 2 aliphatic heterocycles. The Labute approximate surface area is 156 Å². The van der Waals surface area contributed by atoms with E-state index in [4.69, 9.17) is 4.74 Å². The molecule has 0 saturated carbocycles. The highest BCUT2D eigenvalue weighted by Gasteiger charge is 2.34. The number of carbonyl (C=O) groups is 1. The number of ether oxygens (including phenoxy) is 1. The van der Waals surface area contributed by atoms with E-state index in [0.717, 1.165) is 44.9 Å². The summed E-state index contributed by atoms with van der Waals surface area (Å²) in [6.45, 7) is 6.47. The van der Waals surface area contributed by atoms with E-state index in [-0.39, 0.29) is 30.3 Å². The third-order valence-electron chi connectivity index (χ3n) is 5.02. The van der Waals surface area contributed by atoms with Gasteiger partial charge in [0.15, 0.2) is 0 Å². The van der Waals surface area contributed by atoms with Crippen molar-refractivity contribution in [3.8, 4) is 5.75 Å². The van der Waals surface area contributed by atoms with E-state index in [0.29, 0.717) is 6.42 Å². The first-order valence-electron chi connectivity index (χ1n) is 9.19. The molecule has 1 aromatic carbocycles. The van der Waals surface area contributed by atoms with E-state index in [2.05, 4.69) is 22.7 Å². The van der Waals surface area contributed by atoms with Gasteiger partial charge in [-0.3, -0.25) is 10.2 Å². The van der Waals surface area contributed by atoms with Gasteiger partial charge in [0.25, 0.3) is 0 Å². The molecule has 0 radical (unpaired) electrons. The van der Waals surface area contributed by atoms with Gasteiger partial charge in [-0.25, -0.2) is 5.43 Å². The van der Waals surface area contributed by atoms with Crippen LogP contribution in [0.3, 0.4) is 0 Å². The zero-order chi connectivity index (χ0) is 19.4. The molecule has 3 rings (SSSR count). The van der Waals surface area contributed by atoms with Gasteiger partial charge in [0.2, 0.25) is 5.91 Å². The van der Waals surface area contributed by atoms with Gasteiger partial charge in [-0.05, 0) is 31.2 Å². The molecule has 2 unspecified atom stereocenters. The van der Waals surface area contributed by atoms with Crippen molar-refractivity contribution in [2.75, 3.05) is 39.3 Å². The van der Waals surface area contributed by atoms with Crippen LogP contribution in [-0.4, -0.2) is 67.1 Å². The second-order valence-corrected chi connectivity index (χ2v) is 6.87. The average molecular weight is 386 g/mol. The standard InChI is InChI=1S/C18H25F3N4O2/c1-2-24-6-8-25(9-7-24)17(26)16-11-14(22-23-16)12-27-15-5-3-4-13(10-15)18(19,20)21/h3-5,10,14,16,22-23H,2,6-9,11-12H2,1H3. The molecule has 0 aliphatic carbocycles. The zero-order valence-corrected chi connectivity index (χ0v) is 15.3. The summed E-state index contributed by atoms with van der Waals surface area (Å²) in [7, 11) is 0. The maximum absolute atomic E-state index is 12.7. The molecule has 2 atom stereocenters. The number of hydrogen-bond donors (Lipinski definition) is 2. The molecular weight excluding hydrogens is 361 g/mol. The highest BCUT2D eigenvalue weighted by atomic mass is 19.4. The Kier molecular flexibility index (Phi) is 6.23. The Morgan fingerprint density at radius 2 is 1.96 bits per heavy atom. The minimum absolute atomic E-state index is 0.0554. The van der Waals surface area contributed by atoms with E-state index in [1.54, 1.807) is 0 Å². The first-order valence-corrected chi connectivity index (χ1v) is 9.19. The number of hydrogen-bond acceptors (Lipinski definition) is 5. The maximum Gasteiger partial charge on any atom is 0.416 e. The molecule has 2 heterocycles. The number of hydrazine groups is 1. The van der Waals surface area contributed by atoms with Crippen LogP contribution >= 0.6 is 0 Å². The summed E-state index contributed by atoms with van der Waals surface area (Å²) < 4.78 is 43.7. The van der Waals surface area contributed by atoms with Gasteiger partial charge in [0, 0.05) is 26.2 Å². The first kappa shape index (κ1) is 19.9. The first-order chi connectivity index (χ1) is 12.9. The van der Waals surface area contributed by atoms with Crippen molar-refractivity contribution in [3.63, 3.8) is 0 Å². The second kappa shape index (κ2) is 8.45. The van der Waals surface area contributed by atoms with E-state index in [1.807, 2.05) is 4.90 Å². The predicted octanol–water partition coefficient (Wildman–Crippen LogP) is 1.48. The van der Waals surface area contributed by atoms with E-state index < -0.39 is 11.7 Å². The van der Waals surface area contributed by atoms with Gasteiger partial charge < -0.3 is 14.5 Å². The van der Waals surface area contributed by atoms with Crippen LogP contribution in [0, 0.1) is 0 Å². The van der Waals surface area contributed by atoms with E-state index >= 15 is 0 Å². The van der Waals surface area contributed by atoms with Crippen molar-refractivity contribution >= 4 is 5.91 Å². The van der Waals surface area contributed by atoms with Crippen LogP contribution in [0.4, 0.5) is 13.2 Å². The van der Waals surface area contributed by atoms with Crippen LogP contribution in [0.1, 0.15) is 18.9 Å². The molecule has 2 saturated heterocycles. The minimum atomic E-state index is -4.40. The zero-order valence-electron chi connectivity index (χ0n) is 15.3. The highest BCUT2D eigenvalue weighted by molar-refractivity contribution is 5.82. The summed E-state index contributed by atoms with van der Waals surface area (Å²) in [6.07, 6.45) is -3.86. The number of nitrogens with one attached hydrogen (secondary N) is 2. The monoisotopic (exact) mass is 386 g/mol. The predicted molar refractivity (Wildman–Crippen MR) is 94.1 cm³/mol. The van der Waals surface area contributed by atoms with Crippen LogP contribution in [0.25, 0.3) is 0 Å². The molecule has 0 spiro atoms. The molecule has 0 aromatic heterocycles. The molecule has 1 amide bonds. The fourth-order valence-electron chi connectivity index (χ4n) is 3.36. The second-order valence-electron chi connectivity index (χ2n) is 6.87. The largest absolute Gasteiger partial charge is 0.492 e.